The van der Waals surface area contributed by atoms with Gasteiger partial charge in [0.05, 0.1) is 0 Å². The fourth-order valence-corrected chi connectivity index (χ4v) is 1.70. The normalized spacial score (nSPS) is 17.4. The zero-order valence-corrected chi connectivity index (χ0v) is 13.0. The van der Waals surface area contributed by atoms with Gasteiger partial charge in [-0.3, -0.25) is 0 Å². The van der Waals surface area contributed by atoms with Crippen LogP contribution in [-0.2, 0) is 0 Å². The predicted molar refractivity (Wildman–Crippen MR) is 79.0 cm³/mol. The fourth-order valence-electron chi connectivity index (χ4n) is 1.70. The van der Waals surface area contributed by atoms with E-state index in [4.69, 9.17) is 5.73 Å². The van der Waals surface area contributed by atoms with Crippen LogP contribution in [0, 0.1) is 16.7 Å². The molecule has 2 atom stereocenters. The van der Waals surface area contributed by atoms with Gasteiger partial charge in [0.25, 0.3) is 0 Å². The molecule has 0 rings (SSSR count). The second-order valence-electron chi connectivity index (χ2n) is 6.86. The summed E-state index contributed by atoms with van der Waals surface area (Å²) in [6, 6.07) is 0.178. The van der Waals surface area contributed by atoms with E-state index in [1.54, 1.807) is 0 Å². The van der Waals surface area contributed by atoms with Crippen molar-refractivity contribution < 1.29 is 0 Å². The van der Waals surface area contributed by atoms with E-state index in [1.807, 2.05) is 0 Å². The van der Waals surface area contributed by atoms with E-state index in [0.717, 1.165) is 6.42 Å². The van der Waals surface area contributed by atoms with Gasteiger partial charge in [-0.1, -0.05) is 73.5 Å². The Bertz CT molecular complexity index is 238. The number of hydrogen-bond donors (Lipinski definition) is 1. The van der Waals surface area contributed by atoms with Gasteiger partial charge in [-0.15, -0.1) is 0 Å². The van der Waals surface area contributed by atoms with Crippen molar-refractivity contribution in [2.24, 2.45) is 22.5 Å². The maximum atomic E-state index is 6.26. The summed E-state index contributed by atoms with van der Waals surface area (Å²) < 4.78 is 0. The number of allylic oxidation sites excluding steroid dienone is 1. The number of rotatable bonds is 7. The van der Waals surface area contributed by atoms with Gasteiger partial charge in [-0.25, -0.2) is 0 Å². The maximum absolute atomic E-state index is 6.26. The third kappa shape index (κ3) is 5.72. The van der Waals surface area contributed by atoms with Crippen molar-refractivity contribution in [1.29, 1.82) is 0 Å². The van der Waals surface area contributed by atoms with Crippen LogP contribution < -0.4 is 5.73 Å². The summed E-state index contributed by atoms with van der Waals surface area (Å²) in [7, 11) is 0. The molecule has 0 aliphatic carbocycles. The van der Waals surface area contributed by atoms with Crippen LogP contribution in [0.2, 0.25) is 0 Å². The quantitative estimate of drug-likeness (QED) is 0.636. The Morgan fingerprint density at radius 2 is 1.59 bits per heavy atom. The number of nitrogens with two attached hydrogens (primary N) is 1. The van der Waals surface area contributed by atoms with Gasteiger partial charge in [0.2, 0.25) is 0 Å². The van der Waals surface area contributed by atoms with Crippen LogP contribution in [0.25, 0.3) is 0 Å². The molecule has 0 bridgehead atoms. The molecule has 0 aliphatic rings. The zero-order chi connectivity index (χ0) is 13.7. The summed E-state index contributed by atoms with van der Waals surface area (Å²) in [5, 5.41) is 0. The van der Waals surface area contributed by atoms with Crippen LogP contribution in [0.1, 0.15) is 67.7 Å². The molecule has 0 aromatic rings. The van der Waals surface area contributed by atoms with Crippen LogP contribution >= 0.6 is 0 Å². The first kappa shape index (κ1) is 16.7. The Morgan fingerprint density at radius 1 is 1.06 bits per heavy atom. The van der Waals surface area contributed by atoms with Gasteiger partial charge in [0.15, 0.2) is 0 Å². The third-order valence-electron chi connectivity index (χ3n) is 4.71. The third-order valence-corrected chi connectivity index (χ3v) is 4.71. The topological polar surface area (TPSA) is 26.0 Å². The van der Waals surface area contributed by atoms with Gasteiger partial charge >= 0.3 is 0 Å². The molecule has 2 unspecified atom stereocenters. The smallest absolute Gasteiger partial charge is 0.0254 e. The molecule has 0 amide bonds. The van der Waals surface area contributed by atoms with Crippen molar-refractivity contribution in [2.45, 2.75) is 73.8 Å². The Morgan fingerprint density at radius 3 is 2.00 bits per heavy atom. The van der Waals surface area contributed by atoms with Gasteiger partial charge in [0, 0.05) is 6.04 Å². The molecular weight excluding hydrogens is 206 g/mol. The van der Waals surface area contributed by atoms with Crippen molar-refractivity contribution >= 4 is 0 Å². The lowest BCUT2D eigenvalue weighted by Gasteiger charge is -2.33. The lowest BCUT2D eigenvalue weighted by atomic mass is 9.74. The standard InChI is InChI=1S/C16H33N/c1-8-15(4,5)12-10-11-14(17)13(3)16(6,7)9-2/h10-11,13-14H,8-9,12,17H2,1-7H3/b11-10-. The van der Waals surface area contributed by atoms with Crippen LogP contribution in [0.5, 0.6) is 0 Å². The molecule has 0 aromatic carbocycles. The summed E-state index contributed by atoms with van der Waals surface area (Å²) in [6.45, 7) is 16.0. The summed E-state index contributed by atoms with van der Waals surface area (Å²) >= 11 is 0. The Balaban J connectivity index is 4.35. The molecule has 0 spiro atoms. The molecule has 0 aromatic heterocycles. The van der Waals surface area contributed by atoms with E-state index >= 15 is 0 Å². The van der Waals surface area contributed by atoms with E-state index in [-0.39, 0.29) is 6.04 Å². The summed E-state index contributed by atoms with van der Waals surface area (Å²) in [5.41, 5.74) is 6.99. The van der Waals surface area contributed by atoms with Crippen LogP contribution in [0.4, 0.5) is 0 Å². The minimum Gasteiger partial charge on any atom is -0.324 e. The SMILES string of the molecule is CCC(C)(C)C/C=C\C(N)C(C)C(C)(C)CC. The summed E-state index contributed by atoms with van der Waals surface area (Å²) in [5.74, 6) is 0.522. The molecule has 0 aliphatic heterocycles. The fraction of sp³-hybridized carbons (Fsp3) is 0.875. The largest absolute Gasteiger partial charge is 0.324 e. The van der Waals surface area contributed by atoms with Crippen molar-refractivity contribution in [3.63, 3.8) is 0 Å². The van der Waals surface area contributed by atoms with E-state index in [1.165, 1.54) is 12.8 Å². The lowest BCUT2D eigenvalue weighted by Crippen LogP contribution is -2.36. The van der Waals surface area contributed by atoms with E-state index in [9.17, 15) is 0 Å². The minimum absolute atomic E-state index is 0.178. The van der Waals surface area contributed by atoms with E-state index in [2.05, 4.69) is 60.6 Å². The lowest BCUT2D eigenvalue weighted by molar-refractivity contribution is 0.205. The van der Waals surface area contributed by atoms with Gasteiger partial charge in [-0.05, 0) is 23.2 Å². The molecule has 0 fully saturated rings. The minimum atomic E-state index is 0.178. The molecule has 1 heteroatoms. The highest BCUT2D eigenvalue weighted by atomic mass is 14.6. The first-order valence-electron chi connectivity index (χ1n) is 7.08. The van der Waals surface area contributed by atoms with Crippen LogP contribution in [0.3, 0.4) is 0 Å². The molecule has 1 nitrogen and oxygen atoms in total. The first-order valence-corrected chi connectivity index (χ1v) is 7.08. The van der Waals surface area contributed by atoms with E-state index in [0.29, 0.717) is 16.7 Å². The van der Waals surface area contributed by atoms with Gasteiger partial charge in [-0.2, -0.15) is 0 Å². The molecule has 2 N–H and O–H groups in total. The van der Waals surface area contributed by atoms with E-state index < -0.39 is 0 Å². The molecule has 17 heavy (non-hydrogen) atoms. The Hall–Kier alpha value is -0.300. The molecule has 0 heterocycles. The second kappa shape index (κ2) is 6.58. The van der Waals surface area contributed by atoms with Gasteiger partial charge in [0.1, 0.15) is 0 Å². The zero-order valence-electron chi connectivity index (χ0n) is 13.0. The predicted octanol–water partition coefficient (Wildman–Crippen LogP) is 4.77. The highest BCUT2D eigenvalue weighted by Gasteiger charge is 2.27. The number of hydrogen-bond acceptors (Lipinski definition) is 1. The van der Waals surface area contributed by atoms with Crippen molar-refractivity contribution in [3.05, 3.63) is 12.2 Å². The molecule has 0 saturated carbocycles. The summed E-state index contributed by atoms with van der Waals surface area (Å²) in [4.78, 5) is 0. The maximum Gasteiger partial charge on any atom is 0.0254 e. The first-order chi connectivity index (χ1) is 7.66. The van der Waals surface area contributed by atoms with Crippen molar-refractivity contribution in [2.75, 3.05) is 0 Å². The van der Waals surface area contributed by atoms with Gasteiger partial charge < -0.3 is 5.73 Å². The Kier molecular flexibility index (Phi) is 6.47. The summed E-state index contributed by atoms with van der Waals surface area (Å²) in [6.07, 6.45) is 7.99. The second-order valence-corrected chi connectivity index (χ2v) is 6.86. The molecule has 102 valence electrons. The monoisotopic (exact) mass is 239 g/mol. The average molecular weight is 239 g/mol. The van der Waals surface area contributed by atoms with Crippen LogP contribution in [0.15, 0.2) is 12.2 Å². The Labute approximate surface area is 109 Å². The van der Waals surface area contributed by atoms with Crippen molar-refractivity contribution in [3.8, 4) is 0 Å². The van der Waals surface area contributed by atoms with Crippen LogP contribution in [-0.4, -0.2) is 6.04 Å². The van der Waals surface area contributed by atoms with Crippen molar-refractivity contribution in [1.82, 2.24) is 0 Å². The average Bonchev–Trinajstić information content (AvgIpc) is 2.27. The molecular formula is C16H33N. The highest BCUT2D eigenvalue weighted by Crippen LogP contribution is 2.32. The highest BCUT2D eigenvalue weighted by molar-refractivity contribution is 4.98. The molecule has 0 radical (unpaired) electrons. The molecule has 0 saturated heterocycles.